The van der Waals surface area contributed by atoms with Crippen LogP contribution in [-0.2, 0) is 24.9 Å². The maximum Gasteiger partial charge on any atom is 0.323 e. The Labute approximate surface area is 220 Å². The van der Waals surface area contributed by atoms with Gasteiger partial charge in [-0.2, -0.15) is 0 Å². The van der Waals surface area contributed by atoms with Gasteiger partial charge in [0.25, 0.3) is 5.56 Å². The van der Waals surface area contributed by atoms with Gasteiger partial charge in [0.05, 0.1) is 12.9 Å². The van der Waals surface area contributed by atoms with Gasteiger partial charge in [-0.25, -0.2) is 9.97 Å². The van der Waals surface area contributed by atoms with Crippen LogP contribution in [0.15, 0.2) is 17.4 Å². The van der Waals surface area contributed by atoms with Crippen LogP contribution in [0.4, 0.5) is 0 Å². The molecule has 1 saturated heterocycles. The van der Waals surface area contributed by atoms with E-state index in [4.69, 9.17) is 18.7 Å². The lowest BCUT2D eigenvalue weighted by atomic mass is 10.1. The minimum absolute atomic E-state index is 0.00662. The van der Waals surface area contributed by atoms with E-state index in [-0.39, 0.29) is 27.8 Å². The molecular formula is C24H42N4O7Si2. The number of nitrogens with zero attached hydrogens (tertiary/aromatic N) is 4. The number of aromatic nitrogens is 4. The number of aliphatic hydroxyl groups is 1. The van der Waals surface area contributed by atoms with Crippen molar-refractivity contribution in [3.63, 3.8) is 0 Å². The van der Waals surface area contributed by atoms with E-state index in [2.05, 4.69) is 77.7 Å². The molecule has 0 spiro atoms. The van der Waals surface area contributed by atoms with Crippen LogP contribution >= 0.6 is 0 Å². The van der Waals surface area contributed by atoms with Gasteiger partial charge in [-0.1, -0.05) is 41.5 Å². The van der Waals surface area contributed by atoms with Gasteiger partial charge in [0.15, 0.2) is 34.0 Å². The average Bonchev–Trinajstić information content (AvgIpc) is 3.28. The number of aliphatic hydroxyl groups excluding tert-OH is 1. The molecule has 0 saturated carbocycles. The molecule has 37 heavy (non-hydrogen) atoms. The van der Waals surface area contributed by atoms with Crippen molar-refractivity contribution >= 4 is 33.8 Å². The SMILES string of the molecule is CC(C)(C)[Si](C)(C)OC[C@H]1O[C@@H](n2cnc3c(=O)n(CC(=O)O)cnc32)[C@H](O[Si](C)(C)C(C)(C)C)[C@@H]1O. The summed E-state index contributed by atoms with van der Waals surface area (Å²) in [6.07, 6.45) is -0.559. The van der Waals surface area contributed by atoms with Crippen molar-refractivity contribution in [2.45, 2.75) is 109 Å². The Morgan fingerprint density at radius 1 is 1.05 bits per heavy atom. The van der Waals surface area contributed by atoms with Crippen molar-refractivity contribution in [1.82, 2.24) is 19.1 Å². The lowest BCUT2D eigenvalue weighted by Crippen LogP contribution is -2.49. The summed E-state index contributed by atoms with van der Waals surface area (Å²) in [5.74, 6) is -1.16. The Morgan fingerprint density at radius 3 is 2.19 bits per heavy atom. The zero-order chi connectivity index (χ0) is 28.1. The van der Waals surface area contributed by atoms with Gasteiger partial charge >= 0.3 is 5.97 Å². The molecular weight excluding hydrogens is 512 g/mol. The molecule has 1 aliphatic rings. The number of hydrogen-bond acceptors (Lipinski definition) is 8. The highest BCUT2D eigenvalue weighted by Gasteiger charge is 2.51. The van der Waals surface area contributed by atoms with Crippen LogP contribution in [0.3, 0.4) is 0 Å². The Morgan fingerprint density at radius 2 is 1.65 bits per heavy atom. The van der Waals surface area contributed by atoms with Crippen LogP contribution in [0.5, 0.6) is 0 Å². The predicted octanol–water partition coefficient (Wildman–Crippen LogP) is 3.35. The first-order chi connectivity index (χ1) is 16.8. The number of hydrogen-bond donors (Lipinski definition) is 2. The van der Waals surface area contributed by atoms with Gasteiger partial charge in [-0.3, -0.25) is 18.7 Å². The highest BCUT2D eigenvalue weighted by Crippen LogP contribution is 2.43. The molecule has 2 aromatic heterocycles. The third-order valence-electron chi connectivity index (χ3n) is 8.09. The molecule has 0 amide bonds. The van der Waals surface area contributed by atoms with Crippen molar-refractivity contribution in [3.05, 3.63) is 23.0 Å². The van der Waals surface area contributed by atoms with E-state index < -0.39 is 59.2 Å². The second kappa shape index (κ2) is 10.0. The normalized spacial score (nSPS) is 23.6. The largest absolute Gasteiger partial charge is 0.480 e. The van der Waals surface area contributed by atoms with Gasteiger partial charge in [0.2, 0.25) is 0 Å². The van der Waals surface area contributed by atoms with Crippen molar-refractivity contribution in [3.8, 4) is 0 Å². The predicted molar refractivity (Wildman–Crippen MR) is 145 cm³/mol. The molecule has 1 fully saturated rings. The summed E-state index contributed by atoms with van der Waals surface area (Å²) >= 11 is 0. The van der Waals surface area contributed by atoms with E-state index in [1.165, 1.54) is 12.7 Å². The molecule has 11 nitrogen and oxygen atoms in total. The van der Waals surface area contributed by atoms with Gasteiger partial charge < -0.3 is 23.8 Å². The van der Waals surface area contributed by atoms with Crippen LogP contribution in [0.2, 0.25) is 36.3 Å². The Balaban J connectivity index is 2.00. The first kappa shape index (κ1) is 29.6. The standard InChI is InChI=1S/C24H42N4O7Si2/c1-23(2,3)36(7,8)33-12-15-18(31)19(35-37(9,10)24(4,5)6)22(34-15)28-14-25-17-20(28)26-13-27(21(17)32)11-16(29)30/h13-15,18-19,22,31H,11-12H2,1-10H3,(H,29,30)/t15-,18-,19-,22-/m1/s1. The molecule has 0 unspecified atom stereocenters. The fourth-order valence-electron chi connectivity index (χ4n) is 3.62. The summed E-state index contributed by atoms with van der Waals surface area (Å²) in [6, 6.07) is 0. The number of carbonyl (C=O) groups is 1. The van der Waals surface area contributed by atoms with E-state index in [1.54, 1.807) is 4.57 Å². The molecule has 2 aromatic rings. The number of ether oxygens (including phenoxy) is 1. The maximum absolute atomic E-state index is 12.8. The molecule has 13 heteroatoms. The molecule has 0 aromatic carbocycles. The third kappa shape index (κ3) is 5.91. The van der Waals surface area contributed by atoms with Crippen LogP contribution in [-0.4, -0.2) is 76.8 Å². The van der Waals surface area contributed by atoms with Crippen LogP contribution < -0.4 is 5.56 Å². The van der Waals surface area contributed by atoms with Gasteiger partial charge in [0.1, 0.15) is 31.2 Å². The zero-order valence-corrected chi connectivity index (χ0v) is 25.6. The number of imidazole rings is 1. The van der Waals surface area contributed by atoms with E-state index in [0.29, 0.717) is 0 Å². The summed E-state index contributed by atoms with van der Waals surface area (Å²) in [4.78, 5) is 32.5. The number of carboxylic acid groups (broad SMARTS) is 1. The molecule has 2 N–H and O–H groups in total. The summed E-state index contributed by atoms with van der Waals surface area (Å²) in [5.41, 5.74) is -0.308. The second-order valence-corrected chi connectivity index (χ2v) is 22.4. The van der Waals surface area contributed by atoms with Crippen LogP contribution in [0.1, 0.15) is 47.8 Å². The van der Waals surface area contributed by atoms with E-state index in [1.807, 2.05) is 0 Å². The number of rotatable bonds is 8. The molecule has 0 aliphatic carbocycles. The zero-order valence-electron chi connectivity index (χ0n) is 23.6. The minimum atomic E-state index is -2.35. The second-order valence-electron chi connectivity index (χ2n) is 12.9. The van der Waals surface area contributed by atoms with E-state index in [0.717, 1.165) is 4.57 Å². The first-order valence-electron chi connectivity index (χ1n) is 12.6. The van der Waals surface area contributed by atoms with Gasteiger partial charge in [0, 0.05) is 0 Å². The van der Waals surface area contributed by atoms with E-state index in [9.17, 15) is 14.7 Å². The monoisotopic (exact) mass is 554 g/mol. The van der Waals surface area contributed by atoms with Crippen molar-refractivity contribution in [2.75, 3.05) is 6.61 Å². The number of carboxylic acids is 1. The number of aliphatic carboxylic acids is 1. The molecule has 208 valence electrons. The molecule has 3 rings (SSSR count). The molecule has 3 heterocycles. The topological polar surface area (TPSA) is 138 Å². The highest BCUT2D eigenvalue weighted by molar-refractivity contribution is 6.74. The Hall–Kier alpha value is -1.91. The first-order valence-corrected chi connectivity index (χ1v) is 18.4. The fraction of sp³-hybridized carbons (Fsp3) is 0.750. The molecule has 0 bridgehead atoms. The summed E-state index contributed by atoms with van der Waals surface area (Å²) in [6.45, 7) is 21.0. The van der Waals surface area contributed by atoms with Crippen LogP contribution in [0, 0.1) is 0 Å². The van der Waals surface area contributed by atoms with Crippen molar-refractivity contribution in [2.24, 2.45) is 0 Å². The van der Waals surface area contributed by atoms with E-state index >= 15 is 0 Å². The Kier molecular flexibility index (Phi) is 8.02. The average molecular weight is 555 g/mol. The molecule has 0 radical (unpaired) electrons. The fourth-order valence-corrected chi connectivity index (χ4v) is 5.93. The lowest BCUT2D eigenvalue weighted by Gasteiger charge is -2.40. The summed E-state index contributed by atoms with van der Waals surface area (Å²) < 4.78 is 22.0. The molecule has 1 aliphatic heterocycles. The van der Waals surface area contributed by atoms with Gasteiger partial charge in [-0.15, -0.1) is 0 Å². The summed E-state index contributed by atoms with van der Waals surface area (Å²) in [5, 5.41) is 20.4. The lowest BCUT2D eigenvalue weighted by molar-refractivity contribution is -0.137. The highest BCUT2D eigenvalue weighted by atomic mass is 28.4. The van der Waals surface area contributed by atoms with Crippen molar-refractivity contribution < 1.29 is 28.6 Å². The van der Waals surface area contributed by atoms with Crippen LogP contribution in [0.25, 0.3) is 11.2 Å². The number of fused-ring (bicyclic) bond motifs is 1. The van der Waals surface area contributed by atoms with Gasteiger partial charge in [-0.05, 0) is 36.3 Å². The Bertz CT molecular complexity index is 1200. The quantitative estimate of drug-likeness (QED) is 0.470. The van der Waals surface area contributed by atoms with Crippen molar-refractivity contribution in [1.29, 1.82) is 0 Å². The third-order valence-corrected chi connectivity index (χ3v) is 17.1. The minimum Gasteiger partial charge on any atom is -0.480 e. The summed E-state index contributed by atoms with van der Waals surface area (Å²) in [7, 11) is -4.46. The molecule has 4 atom stereocenters. The maximum atomic E-state index is 12.8. The smallest absolute Gasteiger partial charge is 0.323 e.